The minimum atomic E-state index is 0.852. The van der Waals surface area contributed by atoms with Crippen LogP contribution in [-0.2, 0) is 19.6 Å². The summed E-state index contributed by atoms with van der Waals surface area (Å²) in [6.07, 6.45) is 0. The summed E-state index contributed by atoms with van der Waals surface area (Å²) in [5.41, 5.74) is 7.81. The van der Waals surface area contributed by atoms with E-state index in [0.29, 0.717) is 0 Å². The van der Waals surface area contributed by atoms with Gasteiger partial charge in [0.15, 0.2) is 0 Å². The van der Waals surface area contributed by atoms with Crippen LogP contribution in [0.5, 0.6) is 0 Å². The van der Waals surface area contributed by atoms with Gasteiger partial charge < -0.3 is 30.7 Å². The van der Waals surface area contributed by atoms with Crippen molar-refractivity contribution < 1.29 is 0 Å². The molecule has 0 aliphatic carbocycles. The number of nitrogens with zero attached hydrogens (tertiary/aromatic N) is 4. The lowest BCUT2D eigenvalue weighted by Crippen LogP contribution is -2.40. The van der Waals surface area contributed by atoms with Crippen LogP contribution in [0, 0.1) is 0 Å². The molecule has 3 N–H and O–H groups in total. The Morgan fingerprint density at radius 2 is 0.615 bits per heavy atom. The lowest BCUT2D eigenvalue weighted by Gasteiger charge is -2.24. The summed E-state index contributed by atoms with van der Waals surface area (Å²) in [6, 6.07) is 39.8. The van der Waals surface area contributed by atoms with Gasteiger partial charge in [-0.2, -0.15) is 0 Å². The van der Waals surface area contributed by atoms with Gasteiger partial charge in [-0.3, -0.25) is 4.90 Å². The van der Waals surface area contributed by atoms with E-state index in [1.165, 1.54) is 66.1 Å². The smallest absolute Gasteiger partial charge is 0.0440 e. The fourth-order valence-corrected chi connectivity index (χ4v) is 7.39. The van der Waals surface area contributed by atoms with Crippen molar-refractivity contribution in [2.24, 2.45) is 0 Å². The van der Waals surface area contributed by atoms with Crippen molar-refractivity contribution in [2.75, 3.05) is 96.3 Å². The monoisotopic (exact) mass is 695 g/mol. The number of benzene rings is 6. The van der Waals surface area contributed by atoms with Crippen LogP contribution in [0.1, 0.15) is 16.7 Å². The van der Waals surface area contributed by atoms with E-state index < -0.39 is 0 Å². The molecule has 0 aliphatic heterocycles. The molecule has 0 atom stereocenters. The zero-order valence-electron chi connectivity index (χ0n) is 32.0. The molecule has 0 saturated heterocycles. The number of fused-ring (bicyclic) bond motifs is 3. The molecule has 52 heavy (non-hydrogen) atoms. The Balaban J connectivity index is 1.07. The van der Waals surface area contributed by atoms with Crippen LogP contribution < -0.4 is 30.7 Å². The van der Waals surface area contributed by atoms with Crippen molar-refractivity contribution in [1.82, 2.24) is 20.9 Å². The first-order chi connectivity index (χ1) is 25.3. The lowest BCUT2D eigenvalue weighted by atomic mass is 10.0. The molecule has 6 aromatic rings. The SMILES string of the molecule is CN(C)c1ccc(CNCCN(CCNCc2ccc(N(C)C)c3ccccc23)CCNCc2ccc(N(C)C)c3ccccc23)c2ccccc12. The summed E-state index contributed by atoms with van der Waals surface area (Å²) in [5.74, 6) is 0. The molecule has 0 unspecified atom stereocenters. The van der Waals surface area contributed by atoms with Crippen LogP contribution in [0.3, 0.4) is 0 Å². The summed E-state index contributed by atoms with van der Waals surface area (Å²) >= 11 is 0. The minimum Gasteiger partial charge on any atom is -0.377 e. The number of anilines is 3. The summed E-state index contributed by atoms with van der Waals surface area (Å²) in [5, 5.41) is 19.2. The van der Waals surface area contributed by atoms with E-state index in [-0.39, 0.29) is 0 Å². The Hall–Kier alpha value is -4.66. The highest BCUT2D eigenvalue weighted by Crippen LogP contribution is 2.30. The Morgan fingerprint density at radius 3 is 0.885 bits per heavy atom. The maximum absolute atomic E-state index is 3.77. The van der Waals surface area contributed by atoms with Gasteiger partial charge in [0, 0.05) is 134 Å². The topological polar surface area (TPSA) is 49.1 Å². The number of nitrogens with one attached hydrogen (secondary N) is 3. The van der Waals surface area contributed by atoms with Crippen LogP contribution in [0.4, 0.5) is 17.1 Å². The van der Waals surface area contributed by atoms with E-state index in [0.717, 1.165) is 58.9 Å². The van der Waals surface area contributed by atoms with Gasteiger partial charge in [-0.05, 0) is 51.0 Å². The standard InChI is InChI=1S/C45H57N7/c1-49(2)43-22-19-34(37-13-7-10-16-40(37)43)31-46-25-28-52(29-26-47-32-35-20-23-44(50(3)4)41-17-11-8-14-38(35)41)30-27-48-33-36-21-24-45(51(5)6)42-18-12-9-15-39(36)42/h7-24,46-48H,25-33H2,1-6H3. The van der Waals surface area contributed by atoms with Gasteiger partial charge in [-0.15, -0.1) is 0 Å². The molecule has 0 bridgehead atoms. The first-order valence-corrected chi connectivity index (χ1v) is 18.7. The summed E-state index contributed by atoms with van der Waals surface area (Å²) in [6.45, 7) is 8.29. The van der Waals surface area contributed by atoms with Crippen molar-refractivity contribution in [2.45, 2.75) is 19.6 Å². The highest BCUT2D eigenvalue weighted by atomic mass is 15.2. The van der Waals surface area contributed by atoms with Gasteiger partial charge in [-0.25, -0.2) is 0 Å². The highest BCUT2D eigenvalue weighted by Gasteiger charge is 2.11. The third-order valence-corrected chi connectivity index (χ3v) is 10.2. The largest absolute Gasteiger partial charge is 0.377 e. The van der Waals surface area contributed by atoms with Crippen molar-refractivity contribution in [3.63, 3.8) is 0 Å². The van der Waals surface area contributed by atoms with Gasteiger partial charge in [0.2, 0.25) is 0 Å². The Bertz CT molecular complexity index is 1830. The van der Waals surface area contributed by atoms with Gasteiger partial charge in [0.25, 0.3) is 0 Å². The molecular formula is C45H57N7. The predicted molar refractivity (Wildman–Crippen MR) is 226 cm³/mol. The van der Waals surface area contributed by atoms with Crippen molar-refractivity contribution in [3.8, 4) is 0 Å². The summed E-state index contributed by atoms with van der Waals surface area (Å²) in [7, 11) is 12.7. The molecular weight excluding hydrogens is 639 g/mol. The first-order valence-electron chi connectivity index (χ1n) is 18.7. The highest BCUT2D eigenvalue weighted by molar-refractivity contribution is 5.98. The second kappa shape index (κ2) is 17.7. The molecule has 7 nitrogen and oxygen atoms in total. The molecule has 0 saturated carbocycles. The summed E-state index contributed by atoms with van der Waals surface area (Å²) in [4.78, 5) is 9.17. The number of rotatable bonds is 18. The zero-order valence-corrected chi connectivity index (χ0v) is 32.0. The van der Waals surface area contributed by atoms with Crippen LogP contribution in [-0.4, -0.2) is 86.5 Å². The van der Waals surface area contributed by atoms with E-state index in [2.05, 4.69) is 187 Å². The zero-order chi connectivity index (χ0) is 36.5. The maximum atomic E-state index is 3.77. The average molecular weight is 696 g/mol. The maximum Gasteiger partial charge on any atom is 0.0440 e. The van der Waals surface area contributed by atoms with E-state index in [9.17, 15) is 0 Å². The first kappa shape index (κ1) is 37.1. The summed E-state index contributed by atoms with van der Waals surface area (Å²) < 4.78 is 0. The molecule has 0 fully saturated rings. The minimum absolute atomic E-state index is 0.852. The fourth-order valence-electron chi connectivity index (χ4n) is 7.39. The van der Waals surface area contributed by atoms with Gasteiger partial charge in [0.1, 0.15) is 0 Å². The van der Waals surface area contributed by atoms with Crippen LogP contribution in [0.15, 0.2) is 109 Å². The number of hydrogen-bond acceptors (Lipinski definition) is 7. The molecule has 0 radical (unpaired) electrons. The lowest BCUT2D eigenvalue weighted by molar-refractivity contribution is 0.271. The quantitative estimate of drug-likeness (QED) is 0.0816. The molecule has 6 rings (SSSR count). The Labute approximate surface area is 311 Å². The van der Waals surface area contributed by atoms with Gasteiger partial charge in [0.05, 0.1) is 0 Å². The van der Waals surface area contributed by atoms with Gasteiger partial charge >= 0.3 is 0 Å². The van der Waals surface area contributed by atoms with Crippen molar-refractivity contribution in [3.05, 3.63) is 126 Å². The molecule has 7 heteroatoms. The number of hydrogen-bond donors (Lipinski definition) is 3. The average Bonchev–Trinajstić information content (AvgIpc) is 3.15. The molecule has 0 spiro atoms. The molecule has 0 heterocycles. The van der Waals surface area contributed by atoms with E-state index in [4.69, 9.17) is 0 Å². The van der Waals surface area contributed by atoms with Crippen molar-refractivity contribution >= 4 is 49.4 Å². The second-order valence-corrected chi connectivity index (χ2v) is 14.4. The Morgan fingerprint density at radius 1 is 0.346 bits per heavy atom. The van der Waals surface area contributed by atoms with Crippen molar-refractivity contribution in [1.29, 1.82) is 0 Å². The van der Waals surface area contributed by atoms with E-state index in [1.54, 1.807) is 0 Å². The second-order valence-electron chi connectivity index (χ2n) is 14.4. The van der Waals surface area contributed by atoms with Crippen LogP contribution >= 0.6 is 0 Å². The molecule has 0 aliphatic rings. The van der Waals surface area contributed by atoms with Gasteiger partial charge in [-0.1, -0.05) is 91.0 Å². The van der Waals surface area contributed by atoms with E-state index in [1.807, 2.05) is 0 Å². The van der Waals surface area contributed by atoms with Crippen LogP contribution in [0.2, 0.25) is 0 Å². The molecule has 0 aromatic heterocycles. The van der Waals surface area contributed by atoms with Crippen LogP contribution in [0.25, 0.3) is 32.3 Å². The Kier molecular flexibility index (Phi) is 12.6. The van der Waals surface area contributed by atoms with E-state index >= 15 is 0 Å². The normalized spacial score (nSPS) is 11.6. The molecule has 272 valence electrons. The molecule has 6 aromatic carbocycles. The predicted octanol–water partition coefficient (Wildman–Crippen LogP) is 7.32. The third kappa shape index (κ3) is 8.85. The molecule has 0 amide bonds. The fraction of sp³-hybridized carbons (Fsp3) is 0.333. The third-order valence-electron chi connectivity index (χ3n) is 10.2.